The first-order chi connectivity index (χ1) is 14.1. The lowest BCUT2D eigenvalue weighted by atomic mass is 9.90. The van der Waals surface area contributed by atoms with E-state index in [0.29, 0.717) is 11.6 Å². The van der Waals surface area contributed by atoms with Crippen LogP contribution in [-0.2, 0) is 4.79 Å². The Balaban J connectivity index is 1.71. The van der Waals surface area contributed by atoms with Gasteiger partial charge in [-0.2, -0.15) is 0 Å². The van der Waals surface area contributed by atoms with E-state index in [1.807, 2.05) is 42.5 Å². The minimum atomic E-state index is -0.716. The highest BCUT2D eigenvalue weighted by atomic mass is 35.5. The highest BCUT2D eigenvalue weighted by molar-refractivity contribution is 6.31. The van der Waals surface area contributed by atoms with Gasteiger partial charge in [0, 0.05) is 11.6 Å². The SMILES string of the molecule is O=C(O)C1CCCN(C(c2ccc(-c3ccccc3)cc2)c2ccccc2Cl)C1. The minimum Gasteiger partial charge on any atom is -0.481 e. The van der Waals surface area contributed by atoms with Gasteiger partial charge in [0.25, 0.3) is 0 Å². The largest absolute Gasteiger partial charge is 0.481 e. The molecule has 0 spiro atoms. The number of nitrogens with zero attached hydrogens (tertiary/aromatic N) is 1. The van der Waals surface area contributed by atoms with E-state index in [1.165, 1.54) is 5.56 Å². The molecule has 4 heteroatoms. The van der Waals surface area contributed by atoms with E-state index in [1.54, 1.807) is 0 Å². The second kappa shape index (κ2) is 8.81. The summed E-state index contributed by atoms with van der Waals surface area (Å²) < 4.78 is 0. The molecule has 1 N–H and O–H groups in total. The number of carbonyl (C=O) groups is 1. The highest BCUT2D eigenvalue weighted by Gasteiger charge is 2.32. The number of halogens is 1. The lowest BCUT2D eigenvalue weighted by Crippen LogP contribution is -2.41. The lowest BCUT2D eigenvalue weighted by molar-refractivity contribution is -0.143. The Hall–Kier alpha value is -2.62. The van der Waals surface area contributed by atoms with Crippen molar-refractivity contribution >= 4 is 17.6 Å². The molecule has 2 atom stereocenters. The Morgan fingerprint density at radius 1 is 0.931 bits per heavy atom. The maximum Gasteiger partial charge on any atom is 0.307 e. The number of piperidine rings is 1. The van der Waals surface area contributed by atoms with Crippen LogP contribution >= 0.6 is 11.6 Å². The average molecular weight is 406 g/mol. The number of likely N-dealkylation sites (tertiary alicyclic amines) is 1. The molecule has 0 aromatic heterocycles. The standard InChI is InChI=1S/C25H24ClNO2/c26-23-11-5-4-10-22(23)24(27-16-6-9-21(17-27)25(28)29)20-14-12-19(13-15-20)18-7-2-1-3-8-18/h1-5,7-8,10-15,21,24H,6,9,16-17H2,(H,28,29). The van der Waals surface area contributed by atoms with Crippen molar-refractivity contribution in [1.82, 2.24) is 4.90 Å². The van der Waals surface area contributed by atoms with Gasteiger partial charge in [0.15, 0.2) is 0 Å². The van der Waals surface area contributed by atoms with Crippen molar-refractivity contribution in [3.05, 3.63) is 95.0 Å². The van der Waals surface area contributed by atoms with Crippen LogP contribution in [0.25, 0.3) is 11.1 Å². The van der Waals surface area contributed by atoms with Crippen LogP contribution in [0.2, 0.25) is 5.02 Å². The Morgan fingerprint density at radius 3 is 2.28 bits per heavy atom. The zero-order valence-electron chi connectivity index (χ0n) is 16.2. The third-order valence-corrected chi connectivity index (χ3v) is 6.04. The number of hydrogen-bond donors (Lipinski definition) is 1. The second-order valence-corrected chi connectivity index (χ2v) is 7.99. The monoisotopic (exact) mass is 405 g/mol. The van der Waals surface area contributed by atoms with Gasteiger partial charge in [-0.1, -0.05) is 84.4 Å². The Morgan fingerprint density at radius 2 is 1.59 bits per heavy atom. The van der Waals surface area contributed by atoms with Crippen molar-refractivity contribution in [2.75, 3.05) is 13.1 Å². The maximum atomic E-state index is 11.6. The van der Waals surface area contributed by atoms with Crippen LogP contribution in [0.5, 0.6) is 0 Å². The van der Waals surface area contributed by atoms with Crippen LogP contribution in [0.15, 0.2) is 78.9 Å². The normalized spacial score (nSPS) is 18.3. The molecule has 4 rings (SSSR count). The topological polar surface area (TPSA) is 40.5 Å². The molecule has 29 heavy (non-hydrogen) atoms. The van der Waals surface area contributed by atoms with E-state index in [-0.39, 0.29) is 12.0 Å². The first-order valence-corrected chi connectivity index (χ1v) is 10.4. The van der Waals surface area contributed by atoms with Crippen LogP contribution in [0.1, 0.15) is 30.0 Å². The van der Waals surface area contributed by atoms with E-state index in [2.05, 4.69) is 41.3 Å². The summed E-state index contributed by atoms with van der Waals surface area (Å²) in [7, 11) is 0. The van der Waals surface area contributed by atoms with E-state index in [4.69, 9.17) is 11.6 Å². The second-order valence-electron chi connectivity index (χ2n) is 7.58. The van der Waals surface area contributed by atoms with Gasteiger partial charge >= 0.3 is 5.97 Å². The fourth-order valence-electron chi connectivity index (χ4n) is 4.21. The van der Waals surface area contributed by atoms with E-state index in [9.17, 15) is 9.90 Å². The molecular weight excluding hydrogens is 382 g/mol. The summed E-state index contributed by atoms with van der Waals surface area (Å²) in [5.41, 5.74) is 4.49. The van der Waals surface area contributed by atoms with E-state index < -0.39 is 5.97 Å². The van der Waals surface area contributed by atoms with Gasteiger partial charge in [0.1, 0.15) is 0 Å². The summed E-state index contributed by atoms with van der Waals surface area (Å²) in [5, 5.41) is 10.3. The van der Waals surface area contributed by atoms with Crippen LogP contribution in [0.4, 0.5) is 0 Å². The summed E-state index contributed by atoms with van der Waals surface area (Å²) in [6.07, 6.45) is 1.61. The number of hydrogen-bond acceptors (Lipinski definition) is 2. The first kappa shape index (κ1) is 19.7. The zero-order valence-corrected chi connectivity index (χ0v) is 16.9. The number of benzene rings is 3. The molecule has 3 aromatic carbocycles. The van der Waals surface area contributed by atoms with Crippen LogP contribution in [0.3, 0.4) is 0 Å². The van der Waals surface area contributed by atoms with Crippen molar-refractivity contribution in [3.8, 4) is 11.1 Å². The van der Waals surface area contributed by atoms with E-state index >= 15 is 0 Å². The predicted molar refractivity (Wildman–Crippen MR) is 117 cm³/mol. The van der Waals surface area contributed by atoms with Gasteiger partial charge in [0.2, 0.25) is 0 Å². The van der Waals surface area contributed by atoms with Crippen LogP contribution < -0.4 is 0 Å². The molecule has 0 radical (unpaired) electrons. The van der Waals surface area contributed by atoms with Gasteiger partial charge in [-0.25, -0.2) is 0 Å². The number of carboxylic acid groups (broad SMARTS) is 1. The van der Waals surface area contributed by atoms with Crippen molar-refractivity contribution in [2.45, 2.75) is 18.9 Å². The molecule has 0 aliphatic carbocycles. The molecule has 0 amide bonds. The van der Waals surface area contributed by atoms with Gasteiger partial charge in [-0.15, -0.1) is 0 Å². The maximum absolute atomic E-state index is 11.6. The molecular formula is C25H24ClNO2. The third-order valence-electron chi connectivity index (χ3n) is 5.70. The van der Waals surface area contributed by atoms with Crippen molar-refractivity contribution in [2.24, 2.45) is 5.92 Å². The van der Waals surface area contributed by atoms with Crippen molar-refractivity contribution < 1.29 is 9.90 Å². The van der Waals surface area contributed by atoms with Gasteiger partial charge in [-0.3, -0.25) is 9.69 Å². The molecule has 1 fully saturated rings. The summed E-state index contributed by atoms with van der Waals surface area (Å²) in [6, 6.07) is 26.6. The Kier molecular flexibility index (Phi) is 5.98. The summed E-state index contributed by atoms with van der Waals surface area (Å²) >= 11 is 6.57. The predicted octanol–water partition coefficient (Wildman–Crippen LogP) is 5.89. The fraction of sp³-hybridized carbons (Fsp3) is 0.240. The van der Waals surface area contributed by atoms with E-state index in [0.717, 1.165) is 36.1 Å². The molecule has 2 unspecified atom stereocenters. The Labute approximate surface area is 176 Å². The molecule has 1 heterocycles. The minimum absolute atomic E-state index is 0.0596. The molecule has 0 saturated carbocycles. The fourth-order valence-corrected chi connectivity index (χ4v) is 4.45. The summed E-state index contributed by atoms with van der Waals surface area (Å²) in [5.74, 6) is -1.05. The van der Waals surface area contributed by atoms with Crippen molar-refractivity contribution in [3.63, 3.8) is 0 Å². The molecule has 1 aliphatic heterocycles. The summed E-state index contributed by atoms with van der Waals surface area (Å²) in [6.45, 7) is 1.39. The van der Waals surface area contributed by atoms with Gasteiger partial charge < -0.3 is 5.11 Å². The highest BCUT2D eigenvalue weighted by Crippen LogP contribution is 2.36. The van der Waals surface area contributed by atoms with Gasteiger partial charge in [-0.05, 0) is 47.7 Å². The van der Waals surface area contributed by atoms with Gasteiger partial charge in [0.05, 0.1) is 12.0 Å². The number of rotatable bonds is 5. The zero-order chi connectivity index (χ0) is 20.2. The van der Waals surface area contributed by atoms with Crippen molar-refractivity contribution in [1.29, 1.82) is 0 Å². The molecule has 1 saturated heterocycles. The van der Waals surface area contributed by atoms with Crippen LogP contribution in [-0.4, -0.2) is 29.1 Å². The molecule has 3 nitrogen and oxygen atoms in total. The number of aliphatic carboxylic acids is 1. The molecule has 148 valence electrons. The molecule has 0 bridgehead atoms. The molecule has 3 aromatic rings. The molecule has 1 aliphatic rings. The first-order valence-electron chi connectivity index (χ1n) is 10.00. The Bertz CT molecular complexity index is 972. The number of carboxylic acids is 1. The lowest BCUT2D eigenvalue weighted by Gasteiger charge is -2.38. The quantitative estimate of drug-likeness (QED) is 0.575. The third kappa shape index (κ3) is 4.36. The average Bonchev–Trinajstić information content (AvgIpc) is 2.77. The summed E-state index contributed by atoms with van der Waals surface area (Å²) in [4.78, 5) is 13.9. The van der Waals surface area contributed by atoms with Crippen LogP contribution in [0, 0.1) is 5.92 Å². The smallest absolute Gasteiger partial charge is 0.307 e.